The van der Waals surface area contributed by atoms with Crippen LogP contribution < -0.4 is 0 Å². The van der Waals surface area contributed by atoms with Gasteiger partial charge in [0.2, 0.25) is 0 Å². The number of carbonyl (C=O) groups excluding carboxylic acids is 1. The number of amides is 1. The van der Waals surface area contributed by atoms with Crippen LogP contribution in [0.4, 0.5) is 0 Å². The van der Waals surface area contributed by atoms with Crippen molar-refractivity contribution >= 4 is 5.91 Å². The van der Waals surface area contributed by atoms with E-state index in [-0.39, 0.29) is 11.8 Å². The van der Waals surface area contributed by atoms with Crippen LogP contribution in [0.5, 0.6) is 0 Å². The van der Waals surface area contributed by atoms with Gasteiger partial charge in [0.1, 0.15) is 5.69 Å². The lowest BCUT2D eigenvalue weighted by Gasteiger charge is -2.32. The lowest BCUT2D eigenvalue weighted by molar-refractivity contribution is 0.0602. The smallest absolute Gasteiger partial charge is 0.255 e. The summed E-state index contributed by atoms with van der Waals surface area (Å²) in [7, 11) is 1.87. The van der Waals surface area contributed by atoms with Crippen molar-refractivity contribution in [3.63, 3.8) is 0 Å². The SMILES string of the molecule is Cn1nnc2c1C(COCc1ccccn1)CN(C(=O)c1cccnc1)C2. The second-order valence-electron chi connectivity index (χ2n) is 6.51. The highest BCUT2D eigenvalue weighted by molar-refractivity contribution is 5.94. The Balaban J connectivity index is 1.49. The van der Waals surface area contributed by atoms with E-state index in [0.717, 1.165) is 17.1 Å². The Hall–Kier alpha value is -3.13. The standard InChI is InChI=1S/C19H20N6O2/c1-24-18-15(12-27-13-16-6-2-3-8-21-16)10-25(11-17(18)22-23-24)19(26)14-5-4-7-20-9-14/h2-9,15H,10-13H2,1H3. The summed E-state index contributed by atoms with van der Waals surface area (Å²) in [5.41, 5.74) is 3.27. The van der Waals surface area contributed by atoms with E-state index < -0.39 is 0 Å². The molecule has 0 saturated heterocycles. The van der Waals surface area contributed by atoms with Crippen molar-refractivity contribution in [1.29, 1.82) is 0 Å². The Bertz CT molecular complexity index is 912. The number of hydrogen-bond acceptors (Lipinski definition) is 6. The van der Waals surface area contributed by atoms with E-state index in [1.54, 1.807) is 40.3 Å². The molecule has 0 N–H and O–H groups in total. The monoisotopic (exact) mass is 364 g/mol. The topological polar surface area (TPSA) is 86.0 Å². The molecule has 1 unspecified atom stereocenters. The van der Waals surface area contributed by atoms with Crippen LogP contribution in [0.1, 0.15) is 33.4 Å². The number of carbonyl (C=O) groups is 1. The number of aromatic nitrogens is 5. The van der Waals surface area contributed by atoms with Crippen LogP contribution in [0, 0.1) is 0 Å². The number of ether oxygens (including phenoxy) is 1. The minimum atomic E-state index is -0.0610. The number of fused-ring (bicyclic) bond motifs is 1. The maximum Gasteiger partial charge on any atom is 0.255 e. The number of aryl methyl sites for hydroxylation is 1. The molecule has 1 aliphatic heterocycles. The summed E-state index contributed by atoms with van der Waals surface area (Å²) in [6.45, 7) is 1.87. The van der Waals surface area contributed by atoms with Gasteiger partial charge in [-0.3, -0.25) is 19.4 Å². The Kier molecular flexibility index (Phi) is 4.88. The van der Waals surface area contributed by atoms with E-state index in [0.29, 0.717) is 31.9 Å². The first-order chi connectivity index (χ1) is 13.2. The van der Waals surface area contributed by atoms with E-state index in [4.69, 9.17) is 4.74 Å². The highest BCUT2D eigenvalue weighted by Crippen LogP contribution is 2.28. The molecule has 0 fully saturated rings. The summed E-state index contributed by atoms with van der Waals surface area (Å²) in [5, 5.41) is 8.36. The molecular weight excluding hydrogens is 344 g/mol. The molecular formula is C19H20N6O2. The van der Waals surface area contributed by atoms with Gasteiger partial charge in [-0.2, -0.15) is 0 Å². The summed E-state index contributed by atoms with van der Waals surface area (Å²) < 4.78 is 7.67. The second kappa shape index (κ2) is 7.63. The fraction of sp³-hybridized carbons (Fsp3) is 0.316. The number of pyridine rings is 2. The van der Waals surface area contributed by atoms with Crippen molar-refractivity contribution in [2.24, 2.45) is 7.05 Å². The second-order valence-corrected chi connectivity index (χ2v) is 6.51. The molecule has 0 bridgehead atoms. The van der Waals surface area contributed by atoms with Gasteiger partial charge >= 0.3 is 0 Å². The van der Waals surface area contributed by atoms with Gasteiger partial charge in [0, 0.05) is 38.1 Å². The van der Waals surface area contributed by atoms with E-state index in [1.807, 2.05) is 25.2 Å². The number of hydrogen-bond donors (Lipinski definition) is 0. The van der Waals surface area contributed by atoms with E-state index in [9.17, 15) is 4.79 Å². The van der Waals surface area contributed by atoms with Crippen LogP contribution in [-0.4, -0.2) is 48.9 Å². The van der Waals surface area contributed by atoms with Gasteiger partial charge in [0.25, 0.3) is 5.91 Å². The molecule has 0 aliphatic carbocycles. The van der Waals surface area contributed by atoms with Crippen molar-refractivity contribution in [3.05, 3.63) is 71.6 Å². The molecule has 138 valence electrons. The summed E-state index contributed by atoms with van der Waals surface area (Å²) in [6, 6.07) is 9.27. The average molecular weight is 364 g/mol. The van der Waals surface area contributed by atoms with E-state index >= 15 is 0 Å². The quantitative estimate of drug-likeness (QED) is 0.683. The highest BCUT2D eigenvalue weighted by Gasteiger charge is 2.32. The van der Waals surface area contributed by atoms with Crippen molar-refractivity contribution in [3.8, 4) is 0 Å². The highest BCUT2D eigenvalue weighted by atomic mass is 16.5. The zero-order chi connectivity index (χ0) is 18.6. The third-order valence-corrected chi connectivity index (χ3v) is 4.60. The molecule has 4 rings (SSSR count). The normalized spacial score (nSPS) is 16.2. The molecule has 0 spiro atoms. The predicted molar refractivity (Wildman–Crippen MR) is 96.6 cm³/mol. The van der Waals surface area contributed by atoms with Crippen molar-refractivity contribution < 1.29 is 9.53 Å². The van der Waals surface area contributed by atoms with Crippen LogP contribution in [0.2, 0.25) is 0 Å². The Morgan fingerprint density at radius 2 is 2.19 bits per heavy atom. The molecule has 3 aromatic heterocycles. The van der Waals surface area contributed by atoms with Crippen LogP contribution in [0.15, 0.2) is 48.9 Å². The molecule has 27 heavy (non-hydrogen) atoms. The Labute approximate surface area is 156 Å². The predicted octanol–water partition coefficient (Wildman–Crippen LogP) is 1.56. The number of rotatable bonds is 5. The number of nitrogens with zero attached hydrogens (tertiary/aromatic N) is 6. The van der Waals surface area contributed by atoms with Crippen molar-refractivity contribution in [2.45, 2.75) is 19.1 Å². The Morgan fingerprint density at radius 1 is 1.26 bits per heavy atom. The molecule has 1 atom stereocenters. The summed E-state index contributed by atoms with van der Waals surface area (Å²) >= 11 is 0. The largest absolute Gasteiger partial charge is 0.374 e. The summed E-state index contributed by atoms with van der Waals surface area (Å²) in [5.74, 6) is -0.0628. The molecule has 0 saturated carbocycles. The molecule has 8 heteroatoms. The van der Waals surface area contributed by atoms with Gasteiger partial charge in [0.05, 0.1) is 36.7 Å². The molecule has 0 radical (unpaired) electrons. The lowest BCUT2D eigenvalue weighted by atomic mass is 9.98. The molecule has 4 heterocycles. The zero-order valence-corrected chi connectivity index (χ0v) is 15.0. The molecule has 0 aromatic carbocycles. The first kappa shape index (κ1) is 17.3. The first-order valence-corrected chi connectivity index (χ1v) is 8.78. The molecule has 8 nitrogen and oxygen atoms in total. The van der Waals surface area contributed by atoms with Crippen molar-refractivity contribution in [1.82, 2.24) is 29.9 Å². The average Bonchev–Trinajstić information content (AvgIpc) is 3.10. The van der Waals surface area contributed by atoms with Crippen LogP contribution >= 0.6 is 0 Å². The van der Waals surface area contributed by atoms with E-state index in [1.165, 1.54) is 0 Å². The fourth-order valence-corrected chi connectivity index (χ4v) is 3.37. The third kappa shape index (κ3) is 3.70. The molecule has 1 amide bonds. The maximum atomic E-state index is 12.8. The van der Waals surface area contributed by atoms with Crippen molar-refractivity contribution in [2.75, 3.05) is 13.2 Å². The van der Waals surface area contributed by atoms with Gasteiger partial charge in [-0.1, -0.05) is 11.3 Å². The summed E-state index contributed by atoms with van der Waals surface area (Å²) in [4.78, 5) is 22.9. The molecule has 1 aliphatic rings. The Morgan fingerprint density at radius 3 is 2.96 bits per heavy atom. The summed E-state index contributed by atoms with van der Waals surface area (Å²) in [6.07, 6.45) is 4.99. The van der Waals surface area contributed by atoms with Gasteiger partial charge in [-0.15, -0.1) is 5.10 Å². The first-order valence-electron chi connectivity index (χ1n) is 8.78. The van der Waals surface area contributed by atoms with Gasteiger partial charge in [-0.05, 0) is 24.3 Å². The van der Waals surface area contributed by atoms with Gasteiger partial charge in [0.15, 0.2) is 0 Å². The van der Waals surface area contributed by atoms with Gasteiger partial charge < -0.3 is 9.64 Å². The minimum Gasteiger partial charge on any atom is -0.374 e. The van der Waals surface area contributed by atoms with Gasteiger partial charge in [-0.25, -0.2) is 0 Å². The zero-order valence-electron chi connectivity index (χ0n) is 15.0. The fourth-order valence-electron chi connectivity index (χ4n) is 3.37. The van der Waals surface area contributed by atoms with Crippen LogP contribution in [-0.2, 0) is 24.9 Å². The minimum absolute atomic E-state index is 0.00177. The van der Waals surface area contributed by atoms with E-state index in [2.05, 4.69) is 20.3 Å². The lowest BCUT2D eigenvalue weighted by Crippen LogP contribution is -2.40. The molecule has 3 aromatic rings. The van der Waals surface area contributed by atoms with Crippen LogP contribution in [0.25, 0.3) is 0 Å². The maximum absolute atomic E-state index is 12.8. The third-order valence-electron chi connectivity index (χ3n) is 4.60. The van der Waals surface area contributed by atoms with Crippen LogP contribution in [0.3, 0.4) is 0 Å².